The number of hydrogen-bond donors (Lipinski definition) is 6. The van der Waals surface area contributed by atoms with E-state index in [0.717, 1.165) is 0 Å². The normalized spacial score (nSPS) is 20.7. The number of ether oxygens (including phenoxy) is 1. The molecule has 0 aliphatic carbocycles. The number of aliphatic hydroxyl groups is 1. The van der Waals surface area contributed by atoms with Crippen LogP contribution in [0.1, 0.15) is 23.2 Å². The molecule has 0 saturated carbocycles. The third-order valence-electron chi connectivity index (χ3n) is 6.12. The lowest BCUT2D eigenvalue weighted by molar-refractivity contribution is -0.147. The van der Waals surface area contributed by atoms with Crippen molar-refractivity contribution in [2.75, 3.05) is 65.5 Å². The topological polar surface area (TPSA) is 200 Å². The quantitative estimate of drug-likeness (QED) is 0.176. The predicted molar refractivity (Wildman–Crippen MR) is 133 cm³/mol. The molecule has 38 heavy (non-hydrogen) atoms. The Morgan fingerprint density at radius 3 is 2.03 bits per heavy atom. The minimum Gasteiger partial charge on any atom is -0.494 e. The third-order valence-corrected chi connectivity index (χ3v) is 6.12. The van der Waals surface area contributed by atoms with E-state index >= 15 is 0 Å². The van der Waals surface area contributed by atoms with Crippen LogP contribution in [0.2, 0.25) is 0 Å². The zero-order valence-electron chi connectivity index (χ0n) is 21.1. The summed E-state index contributed by atoms with van der Waals surface area (Å²) in [5, 5.41) is 51.6. The molecule has 6 N–H and O–H groups in total. The Bertz CT molecular complexity index is 929. The number of carboxylic acids is 4. The van der Waals surface area contributed by atoms with Crippen molar-refractivity contribution in [2.24, 2.45) is 0 Å². The Balaban J connectivity index is 2.19. The van der Waals surface area contributed by atoms with Crippen LogP contribution in [0.3, 0.4) is 0 Å². The van der Waals surface area contributed by atoms with Gasteiger partial charge in [0.2, 0.25) is 0 Å². The Kier molecular flexibility index (Phi) is 12.9. The van der Waals surface area contributed by atoms with Crippen molar-refractivity contribution in [1.29, 1.82) is 0 Å². The number of aromatic carboxylic acids is 1. The molecule has 1 aliphatic heterocycles. The molecule has 1 aromatic carbocycles. The van der Waals surface area contributed by atoms with E-state index in [1.54, 1.807) is 4.90 Å². The molecule has 2 rings (SSSR count). The summed E-state index contributed by atoms with van der Waals surface area (Å²) in [5.74, 6) is -3.91. The number of aliphatic carboxylic acids is 3. The molecule has 2 atom stereocenters. The Hall–Kier alpha value is -3.30. The number of nitrogens with zero attached hydrogens (tertiary/aromatic N) is 3. The summed E-state index contributed by atoms with van der Waals surface area (Å²) in [7, 11) is 0. The van der Waals surface area contributed by atoms with Crippen LogP contribution in [-0.2, 0) is 14.4 Å². The van der Waals surface area contributed by atoms with E-state index in [2.05, 4.69) is 5.32 Å². The van der Waals surface area contributed by atoms with Gasteiger partial charge in [0.25, 0.3) is 0 Å². The Labute approximate surface area is 220 Å². The van der Waals surface area contributed by atoms with E-state index in [1.807, 2.05) is 0 Å². The second-order valence-electron chi connectivity index (χ2n) is 8.95. The van der Waals surface area contributed by atoms with E-state index in [4.69, 9.17) is 9.84 Å². The van der Waals surface area contributed by atoms with Crippen LogP contribution < -0.4 is 10.1 Å². The summed E-state index contributed by atoms with van der Waals surface area (Å²) in [6, 6.07) is 5.06. The van der Waals surface area contributed by atoms with Gasteiger partial charge in [-0.3, -0.25) is 29.1 Å². The standard InChI is InChI=1S/C24H36N4O10/c29-20(30)14-26-9-7-25-8-10-28(16-22(33)34)23(35)19(27(12-11-26)15-21(31)32)2-1-13-38-18-5-3-17(4-6-18)24(36)37/h3-6,19,23,25,35H,1-2,7-16H2,(H,29,30)(H,31,32)(H,33,34)(H,36,37). The predicted octanol–water partition coefficient (Wildman–Crippen LogP) is -1.01. The molecule has 14 heteroatoms. The molecule has 0 amide bonds. The zero-order chi connectivity index (χ0) is 28.1. The maximum Gasteiger partial charge on any atom is 0.335 e. The van der Waals surface area contributed by atoms with Crippen LogP contribution in [0.15, 0.2) is 24.3 Å². The van der Waals surface area contributed by atoms with Crippen LogP contribution in [0, 0.1) is 0 Å². The molecular weight excluding hydrogens is 504 g/mol. The van der Waals surface area contributed by atoms with Crippen LogP contribution in [0.4, 0.5) is 0 Å². The maximum absolute atomic E-state index is 11.7. The minimum atomic E-state index is -1.31. The van der Waals surface area contributed by atoms with Crippen LogP contribution in [0.5, 0.6) is 5.75 Å². The highest BCUT2D eigenvalue weighted by Crippen LogP contribution is 2.18. The van der Waals surface area contributed by atoms with Crippen LogP contribution in [0.25, 0.3) is 0 Å². The lowest BCUT2D eigenvalue weighted by Crippen LogP contribution is -2.57. The maximum atomic E-state index is 11.7. The molecule has 212 valence electrons. The van der Waals surface area contributed by atoms with Gasteiger partial charge in [0, 0.05) is 39.3 Å². The van der Waals surface area contributed by atoms with Crippen molar-refractivity contribution in [3.05, 3.63) is 29.8 Å². The Morgan fingerprint density at radius 2 is 1.42 bits per heavy atom. The highest BCUT2D eigenvalue weighted by atomic mass is 16.5. The van der Waals surface area contributed by atoms with Crippen molar-refractivity contribution >= 4 is 23.9 Å². The first-order valence-corrected chi connectivity index (χ1v) is 12.3. The van der Waals surface area contributed by atoms with Gasteiger partial charge in [-0.25, -0.2) is 4.79 Å². The second-order valence-corrected chi connectivity index (χ2v) is 8.95. The van der Waals surface area contributed by atoms with Gasteiger partial charge in [-0.05, 0) is 37.1 Å². The van der Waals surface area contributed by atoms with Gasteiger partial charge in [-0.1, -0.05) is 0 Å². The molecule has 14 nitrogen and oxygen atoms in total. The smallest absolute Gasteiger partial charge is 0.335 e. The van der Waals surface area contributed by atoms with Crippen molar-refractivity contribution in [1.82, 2.24) is 20.0 Å². The summed E-state index contributed by atoms with van der Waals surface area (Å²) in [5.41, 5.74) is 0.114. The number of hydrogen-bond acceptors (Lipinski definition) is 10. The van der Waals surface area contributed by atoms with E-state index in [1.165, 1.54) is 34.1 Å². The average Bonchev–Trinajstić information content (AvgIpc) is 2.84. The van der Waals surface area contributed by atoms with Gasteiger partial charge in [-0.2, -0.15) is 0 Å². The van der Waals surface area contributed by atoms with Crippen molar-refractivity contribution in [3.8, 4) is 5.75 Å². The molecular formula is C24H36N4O10. The van der Waals surface area contributed by atoms with E-state index in [9.17, 15) is 39.6 Å². The van der Waals surface area contributed by atoms with Crippen molar-refractivity contribution in [2.45, 2.75) is 25.1 Å². The number of benzene rings is 1. The lowest BCUT2D eigenvalue weighted by Gasteiger charge is -2.40. The fraction of sp³-hybridized carbons (Fsp3) is 0.583. The van der Waals surface area contributed by atoms with Gasteiger partial charge in [0.15, 0.2) is 0 Å². The van der Waals surface area contributed by atoms with Gasteiger partial charge in [0.1, 0.15) is 12.0 Å². The summed E-state index contributed by atoms with van der Waals surface area (Å²) in [6.45, 7) is 0.804. The average molecular weight is 541 g/mol. The zero-order valence-corrected chi connectivity index (χ0v) is 21.1. The summed E-state index contributed by atoms with van der Waals surface area (Å²) in [4.78, 5) is 50.0. The number of carbonyl (C=O) groups is 4. The monoisotopic (exact) mass is 540 g/mol. The molecule has 2 unspecified atom stereocenters. The SMILES string of the molecule is O=C(O)CN1CCNCCN(CC(=O)O)C(O)C(CCCOc2ccc(C(=O)O)cc2)N(CC(=O)O)CC1. The first-order chi connectivity index (χ1) is 18.1. The Morgan fingerprint density at radius 1 is 0.816 bits per heavy atom. The number of carboxylic acid groups (broad SMARTS) is 4. The van der Waals surface area contributed by atoms with Crippen LogP contribution in [-0.4, -0.2) is 142 Å². The summed E-state index contributed by atoms with van der Waals surface area (Å²) < 4.78 is 5.67. The number of nitrogens with one attached hydrogen (secondary N) is 1. The van der Waals surface area contributed by atoms with Gasteiger partial charge in [-0.15, -0.1) is 0 Å². The highest BCUT2D eigenvalue weighted by molar-refractivity contribution is 5.87. The molecule has 1 fully saturated rings. The fourth-order valence-corrected chi connectivity index (χ4v) is 4.27. The summed E-state index contributed by atoms with van der Waals surface area (Å²) in [6.07, 6.45) is -0.685. The highest BCUT2D eigenvalue weighted by Gasteiger charge is 2.33. The largest absolute Gasteiger partial charge is 0.494 e. The molecule has 1 aliphatic rings. The molecule has 1 saturated heterocycles. The molecule has 1 aromatic rings. The first kappa shape index (κ1) is 30.9. The van der Waals surface area contributed by atoms with E-state index in [0.29, 0.717) is 31.8 Å². The van der Waals surface area contributed by atoms with Gasteiger partial charge < -0.3 is 35.6 Å². The van der Waals surface area contributed by atoms with Gasteiger partial charge >= 0.3 is 23.9 Å². The molecule has 0 spiro atoms. The lowest BCUT2D eigenvalue weighted by atomic mass is 10.1. The number of aliphatic hydroxyl groups excluding tert-OH is 1. The fourth-order valence-electron chi connectivity index (χ4n) is 4.27. The molecule has 0 radical (unpaired) electrons. The summed E-state index contributed by atoms with van der Waals surface area (Å²) >= 11 is 0. The van der Waals surface area contributed by atoms with E-state index in [-0.39, 0.29) is 44.8 Å². The molecule has 1 heterocycles. The van der Waals surface area contributed by atoms with Crippen molar-refractivity contribution in [3.63, 3.8) is 0 Å². The molecule has 0 bridgehead atoms. The minimum absolute atomic E-state index is 0.114. The number of rotatable bonds is 12. The van der Waals surface area contributed by atoms with E-state index < -0.39 is 49.2 Å². The van der Waals surface area contributed by atoms with Gasteiger partial charge in [0.05, 0.1) is 37.8 Å². The molecule has 0 aromatic heterocycles. The first-order valence-electron chi connectivity index (χ1n) is 12.3. The van der Waals surface area contributed by atoms with Crippen molar-refractivity contribution < 1.29 is 49.4 Å². The van der Waals surface area contributed by atoms with Crippen LogP contribution >= 0.6 is 0 Å². The third kappa shape index (κ3) is 11.0. The second kappa shape index (κ2) is 15.8.